The summed E-state index contributed by atoms with van der Waals surface area (Å²) in [6.07, 6.45) is 4.86. The Bertz CT molecular complexity index is 596. The second-order valence-corrected chi connectivity index (χ2v) is 6.65. The Kier molecular flexibility index (Phi) is 4.48. The van der Waals surface area contributed by atoms with Crippen LogP contribution in [-0.4, -0.2) is 20.2 Å². The summed E-state index contributed by atoms with van der Waals surface area (Å²) in [6, 6.07) is 6.01. The molecule has 1 fully saturated rings. The number of nitrogens with zero attached hydrogens (tertiary/aromatic N) is 4. The Labute approximate surface area is 131 Å². The summed E-state index contributed by atoms with van der Waals surface area (Å²) in [5, 5.41) is 14.3. The number of hydrogen-bond donors (Lipinski definition) is 0. The van der Waals surface area contributed by atoms with Gasteiger partial charge in [-0.25, -0.2) is 4.68 Å². The van der Waals surface area contributed by atoms with Crippen LogP contribution >= 0.6 is 35.0 Å². The molecule has 0 saturated heterocycles. The summed E-state index contributed by atoms with van der Waals surface area (Å²) >= 11 is 13.7. The molecule has 0 atom stereocenters. The molecule has 0 amide bonds. The van der Waals surface area contributed by atoms with Crippen molar-refractivity contribution in [3.8, 4) is 0 Å². The maximum Gasteiger partial charge on any atom is 0.209 e. The molecule has 106 valence electrons. The standard InChI is InChI=1S/C13H14Cl2N4S/c14-10-6-5-9(12(15)7-10)8-20-13-16-17-18-19(13)11-3-1-2-4-11/h5-7,11H,1-4,8H2. The van der Waals surface area contributed by atoms with Crippen LogP contribution in [0.5, 0.6) is 0 Å². The van der Waals surface area contributed by atoms with E-state index in [9.17, 15) is 0 Å². The lowest BCUT2D eigenvalue weighted by Crippen LogP contribution is -2.08. The average Bonchev–Trinajstić information content (AvgIpc) is 3.08. The first-order valence-corrected chi connectivity index (χ1v) is 8.33. The van der Waals surface area contributed by atoms with Gasteiger partial charge in [0.15, 0.2) is 0 Å². The maximum absolute atomic E-state index is 6.18. The number of benzene rings is 1. The highest BCUT2D eigenvalue weighted by molar-refractivity contribution is 7.98. The minimum Gasteiger partial charge on any atom is -0.217 e. The van der Waals surface area contributed by atoms with E-state index in [1.807, 2.05) is 16.8 Å². The monoisotopic (exact) mass is 328 g/mol. The first-order valence-electron chi connectivity index (χ1n) is 6.58. The smallest absolute Gasteiger partial charge is 0.209 e. The second-order valence-electron chi connectivity index (χ2n) is 4.87. The molecule has 1 saturated carbocycles. The molecule has 4 nitrogen and oxygen atoms in total. The largest absolute Gasteiger partial charge is 0.217 e. The zero-order valence-corrected chi connectivity index (χ0v) is 13.1. The molecule has 0 N–H and O–H groups in total. The third-order valence-corrected chi connectivity index (χ3v) is 5.07. The van der Waals surface area contributed by atoms with Crippen molar-refractivity contribution in [1.82, 2.24) is 20.2 Å². The van der Waals surface area contributed by atoms with Crippen molar-refractivity contribution in [1.29, 1.82) is 0 Å². The van der Waals surface area contributed by atoms with Crippen LogP contribution in [0.15, 0.2) is 23.4 Å². The van der Waals surface area contributed by atoms with E-state index in [2.05, 4.69) is 15.5 Å². The number of halogens is 2. The highest BCUT2D eigenvalue weighted by Gasteiger charge is 2.21. The quantitative estimate of drug-likeness (QED) is 0.781. The minimum absolute atomic E-state index is 0.452. The van der Waals surface area contributed by atoms with Gasteiger partial charge in [-0.3, -0.25) is 0 Å². The van der Waals surface area contributed by atoms with E-state index >= 15 is 0 Å². The lowest BCUT2D eigenvalue weighted by Gasteiger charge is -2.11. The third kappa shape index (κ3) is 3.10. The lowest BCUT2D eigenvalue weighted by atomic mass is 10.2. The molecule has 0 spiro atoms. The van der Waals surface area contributed by atoms with Crippen molar-refractivity contribution >= 4 is 35.0 Å². The zero-order chi connectivity index (χ0) is 13.9. The van der Waals surface area contributed by atoms with Crippen LogP contribution < -0.4 is 0 Å². The Morgan fingerprint density at radius 3 is 2.80 bits per heavy atom. The van der Waals surface area contributed by atoms with Gasteiger partial charge in [-0.2, -0.15) is 0 Å². The fourth-order valence-electron chi connectivity index (χ4n) is 2.44. The number of tetrazole rings is 1. The molecule has 0 radical (unpaired) electrons. The summed E-state index contributed by atoms with van der Waals surface area (Å²) in [7, 11) is 0. The summed E-state index contributed by atoms with van der Waals surface area (Å²) in [5.41, 5.74) is 1.04. The molecule has 1 aromatic heterocycles. The van der Waals surface area contributed by atoms with Crippen LogP contribution in [0.25, 0.3) is 0 Å². The second kappa shape index (κ2) is 6.33. The molecular weight excluding hydrogens is 315 g/mol. The molecule has 2 aromatic rings. The van der Waals surface area contributed by atoms with Gasteiger partial charge in [0, 0.05) is 15.8 Å². The average molecular weight is 329 g/mol. The Balaban J connectivity index is 1.70. The fourth-order valence-corrected chi connectivity index (χ4v) is 3.94. The molecule has 1 aliphatic carbocycles. The lowest BCUT2D eigenvalue weighted by molar-refractivity contribution is 0.423. The van der Waals surface area contributed by atoms with Crippen molar-refractivity contribution < 1.29 is 0 Å². The van der Waals surface area contributed by atoms with Gasteiger partial charge in [-0.05, 0) is 41.0 Å². The van der Waals surface area contributed by atoms with Crippen LogP contribution in [0.3, 0.4) is 0 Å². The summed E-state index contributed by atoms with van der Waals surface area (Å²) in [6.45, 7) is 0. The first-order chi connectivity index (χ1) is 9.74. The van der Waals surface area contributed by atoms with Gasteiger partial charge in [0.25, 0.3) is 0 Å². The number of aromatic nitrogens is 4. The van der Waals surface area contributed by atoms with E-state index in [1.54, 1.807) is 17.8 Å². The van der Waals surface area contributed by atoms with Gasteiger partial charge in [0.05, 0.1) is 6.04 Å². The van der Waals surface area contributed by atoms with Crippen molar-refractivity contribution in [2.45, 2.75) is 42.6 Å². The van der Waals surface area contributed by atoms with Crippen molar-refractivity contribution in [2.24, 2.45) is 0 Å². The molecule has 3 rings (SSSR count). The Morgan fingerprint density at radius 2 is 2.05 bits per heavy atom. The summed E-state index contributed by atoms with van der Waals surface area (Å²) in [4.78, 5) is 0. The molecule has 0 aliphatic heterocycles. The molecule has 20 heavy (non-hydrogen) atoms. The third-order valence-electron chi connectivity index (χ3n) is 3.51. The number of thioether (sulfide) groups is 1. The summed E-state index contributed by atoms with van der Waals surface area (Å²) in [5.74, 6) is 0.739. The molecule has 1 aliphatic rings. The van der Waals surface area contributed by atoms with E-state index in [4.69, 9.17) is 23.2 Å². The maximum atomic E-state index is 6.18. The normalized spacial score (nSPS) is 15.9. The zero-order valence-electron chi connectivity index (χ0n) is 10.8. The minimum atomic E-state index is 0.452. The van der Waals surface area contributed by atoms with Gasteiger partial charge in [-0.15, -0.1) is 5.10 Å². The van der Waals surface area contributed by atoms with Crippen LogP contribution in [-0.2, 0) is 5.75 Å². The van der Waals surface area contributed by atoms with Crippen LogP contribution in [0.2, 0.25) is 10.0 Å². The highest BCUT2D eigenvalue weighted by Crippen LogP contribution is 2.33. The topological polar surface area (TPSA) is 43.6 Å². The molecular formula is C13H14Cl2N4S. The van der Waals surface area contributed by atoms with Gasteiger partial charge < -0.3 is 0 Å². The van der Waals surface area contributed by atoms with E-state index in [-0.39, 0.29) is 0 Å². The molecule has 1 heterocycles. The summed E-state index contributed by atoms with van der Waals surface area (Å²) < 4.78 is 1.96. The van der Waals surface area contributed by atoms with E-state index in [1.165, 1.54) is 25.7 Å². The van der Waals surface area contributed by atoms with Crippen molar-refractivity contribution in [2.75, 3.05) is 0 Å². The number of rotatable bonds is 4. The highest BCUT2D eigenvalue weighted by atomic mass is 35.5. The molecule has 1 aromatic carbocycles. The van der Waals surface area contributed by atoms with Gasteiger partial charge in [0.2, 0.25) is 5.16 Å². The predicted molar refractivity (Wildman–Crippen MR) is 81.3 cm³/mol. The SMILES string of the molecule is Clc1ccc(CSc2nnnn2C2CCCC2)c(Cl)c1. The van der Waals surface area contributed by atoms with Crippen LogP contribution in [0, 0.1) is 0 Å². The Morgan fingerprint density at radius 1 is 1.25 bits per heavy atom. The van der Waals surface area contributed by atoms with Crippen molar-refractivity contribution in [3.63, 3.8) is 0 Å². The van der Waals surface area contributed by atoms with Crippen LogP contribution in [0.1, 0.15) is 37.3 Å². The van der Waals surface area contributed by atoms with Gasteiger partial charge >= 0.3 is 0 Å². The van der Waals surface area contributed by atoms with E-state index < -0.39 is 0 Å². The molecule has 0 unspecified atom stereocenters. The predicted octanol–water partition coefficient (Wildman–Crippen LogP) is 4.39. The Hall–Kier alpha value is -0.780. The fraction of sp³-hybridized carbons (Fsp3) is 0.462. The first kappa shape index (κ1) is 14.2. The molecule has 0 bridgehead atoms. The van der Waals surface area contributed by atoms with E-state index in [0.717, 1.165) is 16.5 Å². The number of hydrogen-bond acceptors (Lipinski definition) is 4. The van der Waals surface area contributed by atoms with E-state index in [0.29, 0.717) is 16.1 Å². The van der Waals surface area contributed by atoms with Gasteiger partial charge in [0.1, 0.15) is 0 Å². The van der Waals surface area contributed by atoms with Crippen LogP contribution in [0.4, 0.5) is 0 Å². The van der Waals surface area contributed by atoms with Crippen molar-refractivity contribution in [3.05, 3.63) is 33.8 Å². The molecule has 7 heteroatoms. The van der Waals surface area contributed by atoms with Gasteiger partial charge in [-0.1, -0.05) is 53.9 Å².